The molecule has 6 nitrogen and oxygen atoms in total. The van der Waals surface area contributed by atoms with Crippen LogP contribution >= 0.6 is 11.8 Å². The molecule has 1 aromatic carbocycles. The Balaban J connectivity index is 1.87. The summed E-state index contributed by atoms with van der Waals surface area (Å²) in [6.07, 6.45) is 3.38. The van der Waals surface area contributed by atoms with E-state index in [1.54, 1.807) is 17.8 Å². The van der Waals surface area contributed by atoms with E-state index in [2.05, 4.69) is 6.58 Å². The molecule has 1 saturated heterocycles. The highest BCUT2D eigenvalue weighted by Crippen LogP contribution is 2.33. The molecular formula is C19H26O6S. The van der Waals surface area contributed by atoms with Gasteiger partial charge in [-0.05, 0) is 44.1 Å². The Morgan fingerprint density at radius 3 is 2.77 bits per heavy atom. The first-order valence-electron chi connectivity index (χ1n) is 8.46. The number of benzene rings is 1. The Morgan fingerprint density at radius 1 is 1.38 bits per heavy atom. The van der Waals surface area contributed by atoms with Crippen LogP contribution in [-0.4, -0.2) is 47.0 Å². The van der Waals surface area contributed by atoms with Crippen molar-refractivity contribution in [3.05, 3.63) is 35.9 Å². The van der Waals surface area contributed by atoms with Crippen molar-refractivity contribution in [2.75, 3.05) is 12.9 Å². The number of phenols is 2. The summed E-state index contributed by atoms with van der Waals surface area (Å²) in [6.45, 7) is 7.57. The fraction of sp³-hybridized carbons (Fsp3) is 0.526. The van der Waals surface area contributed by atoms with E-state index in [-0.39, 0.29) is 29.3 Å². The van der Waals surface area contributed by atoms with Crippen molar-refractivity contribution >= 4 is 17.7 Å². The third kappa shape index (κ3) is 5.16. The van der Waals surface area contributed by atoms with Gasteiger partial charge in [-0.2, -0.15) is 11.8 Å². The fourth-order valence-corrected chi connectivity index (χ4v) is 3.94. The van der Waals surface area contributed by atoms with Gasteiger partial charge in [0.15, 0.2) is 5.79 Å². The summed E-state index contributed by atoms with van der Waals surface area (Å²) in [5.41, 5.74) is 0.642. The summed E-state index contributed by atoms with van der Waals surface area (Å²) in [6, 6.07) is 2.61. The third-order valence-electron chi connectivity index (χ3n) is 4.06. The van der Waals surface area contributed by atoms with Crippen LogP contribution in [0.4, 0.5) is 0 Å². The number of phenolic OH excluding ortho intramolecular Hbond substituents is 2. The molecule has 0 amide bonds. The van der Waals surface area contributed by atoms with Gasteiger partial charge in [-0.15, -0.1) is 6.58 Å². The van der Waals surface area contributed by atoms with Gasteiger partial charge in [0.1, 0.15) is 23.2 Å². The molecule has 0 aliphatic carbocycles. The molecule has 2 N–H and O–H groups in total. The predicted molar refractivity (Wildman–Crippen MR) is 101 cm³/mol. The number of hydrogen-bond donors (Lipinski definition) is 2. The largest absolute Gasteiger partial charge is 0.508 e. The number of methoxy groups -OCH3 is 1. The first-order chi connectivity index (χ1) is 12.3. The van der Waals surface area contributed by atoms with Crippen molar-refractivity contribution in [1.29, 1.82) is 0 Å². The number of ether oxygens (including phenoxy) is 3. The monoisotopic (exact) mass is 382 g/mol. The lowest BCUT2D eigenvalue weighted by Gasteiger charge is -2.16. The zero-order valence-corrected chi connectivity index (χ0v) is 16.2. The van der Waals surface area contributed by atoms with Crippen LogP contribution in [0, 0.1) is 0 Å². The van der Waals surface area contributed by atoms with Crippen molar-refractivity contribution < 1.29 is 29.2 Å². The number of carbonyl (C=O) groups is 1. The van der Waals surface area contributed by atoms with E-state index in [9.17, 15) is 15.0 Å². The maximum Gasteiger partial charge on any atom is 0.341 e. The molecule has 7 heteroatoms. The zero-order chi connectivity index (χ0) is 19.3. The maximum absolute atomic E-state index is 11.8. The van der Waals surface area contributed by atoms with Crippen molar-refractivity contribution in [1.82, 2.24) is 0 Å². The quantitative estimate of drug-likeness (QED) is 0.404. The Labute approximate surface area is 158 Å². The molecule has 0 bridgehead atoms. The van der Waals surface area contributed by atoms with Gasteiger partial charge >= 0.3 is 5.97 Å². The standard InChI is InChI=1S/C19H26O6S/c1-5-15-16(25-19(2,3)24-15)7-6-8-26-11-12-9-13(20)10-14(21)17(12)18(22)23-4/h5,9-10,15-16,20-21H,1,6-8,11H2,2-4H3/t15-,16+/m1/s1. The highest BCUT2D eigenvalue weighted by molar-refractivity contribution is 7.98. The van der Waals surface area contributed by atoms with Gasteiger partial charge < -0.3 is 24.4 Å². The van der Waals surface area contributed by atoms with E-state index < -0.39 is 11.8 Å². The number of esters is 1. The molecular weight excluding hydrogens is 356 g/mol. The normalized spacial score (nSPS) is 21.5. The lowest BCUT2D eigenvalue weighted by molar-refractivity contribution is -0.143. The SMILES string of the molecule is C=C[C@H]1OC(C)(C)O[C@H]1CCCSCc1cc(O)cc(O)c1C(=O)OC. The highest BCUT2D eigenvalue weighted by atomic mass is 32.2. The lowest BCUT2D eigenvalue weighted by atomic mass is 10.1. The average Bonchev–Trinajstić information content (AvgIpc) is 2.87. The number of carbonyl (C=O) groups excluding carboxylic acids is 1. The molecule has 0 radical (unpaired) electrons. The molecule has 1 aromatic rings. The van der Waals surface area contributed by atoms with Gasteiger partial charge in [0.25, 0.3) is 0 Å². The van der Waals surface area contributed by atoms with Crippen molar-refractivity contribution in [3.8, 4) is 11.5 Å². The van der Waals surface area contributed by atoms with Crippen LogP contribution in [0.1, 0.15) is 42.6 Å². The minimum Gasteiger partial charge on any atom is -0.508 e. The van der Waals surface area contributed by atoms with Crippen molar-refractivity contribution in [3.63, 3.8) is 0 Å². The topological polar surface area (TPSA) is 85.2 Å². The summed E-state index contributed by atoms with van der Waals surface area (Å²) < 4.78 is 16.4. The molecule has 1 heterocycles. The summed E-state index contributed by atoms with van der Waals surface area (Å²) in [4.78, 5) is 11.8. The molecule has 1 fully saturated rings. The summed E-state index contributed by atoms with van der Waals surface area (Å²) >= 11 is 1.61. The molecule has 0 aromatic heterocycles. The van der Waals surface area contributed by atoms with E-state index in [4.69, 9.17) is 14.2 Å². The van der Waals surface area contributed by atoms with E-state index in [1.807, 2.05) is 13.8 Å². The first-order valence-corrected chi connectivity index (χ1v) is 9.62. The number of rotatable bonds is 8. The zero-order valence-electron chi connectivity index (χ0n) is 15.4. The number of aromatic hydroxyl groups is 2. The van der Waals surface area contributed by atoms with E-state index in [0.29, 0.717) is 11.3 Å². The first kappa shape index (κ1) is 20.6. The van der Waals surface area contributed by atoms with Crippen LogP contribution in [0.3, 0.4) is 0 Å². The number of thioether (sulfide) groups is 1. The van der Waals surface area contributed by atoms with E-state index in [1.165, 1.54) is 13.2 Å². The molecule has 1 aliphatic rings. The van der Waals surface area contributed by atoms with Crippen LogP contribution in [0.5, 0.6) is 11.5 Å². The summed E-state index contributed by atoms with van der Waals surface area (Å²) in [7, 11) is 1.26. The number of hydrogen-bond acceptors (Lipinski definition) is 7. The smallest absolute Gasteiger partial charge is 0.341 e. The van der Waals surface area contributed by atoms with Gasteiger partial charge in [0.2, 0.25) is 0 Å². The Bertz CT molecular complexity index is 658. The lowest BCUT2D eigenvalue weighted by Crippen LogP contribution is -2.21. The van der Waals surface area contributed by atoms with Gasteiger partial charge in [0, 0.05) is 11.8 Å². The Hall–Kier alpha value is -1.70. The minimum atomic E-state index is -0.620. The molecule has 2 rings (SSSR count). The molecule has 0 spiro atoms. The van der Waals surface area contributed by atoms with Gasteiger partial charge in [-0.25, -0.2) is 4.79 Å². The average molecular weight is 382 g/mol. The maximum atomic E-state index is 11.8. The Kier molecular flexibility index (Phi) is 6.97. The van der Waals surface area contributed by atoms with Crippen LogP contribution in [0.25, 0.3) is 0 Å². The highest BCUT2D eigenvalue weighted by Gasteiger charge is 2.39. The molecule has 2 atom stereocenters. The third-order valence-corrected chi connectivity index (χ3v) is 5.15. The summed E-state index contributed by atoms with van der Waals surface area (Å²) in [5, 5.41) is 19.6. The second kappa shape index (κ2) is 8.79. The molecule has 144 valence electrons. The molecule has 0 unspecified atom stereocenters. The molecule has 26 heavy (non-hydrogen) atoms. The minimum absolute atomic E-state index is 0.0152. The van der Waals surface area contributed by atoms with Crippen LogP contribution in [-0.2, 0) is 20.0 Å². The fourth-order valence-electron chi connectivity index (χ4n) is 2.98. The van der Waals surface area contributed by atoms with E-state index in [0.717, 1.165) is 24.7 Å². The summed E-state index contributed by atoms with van der Waals surface area (Å²) in [5.74, 6) is -0.263. The van der Waals surface area contributed by atoms with Crippen molar-refractivity contribution in [2.45, 2.75) is 50.4 Å². The second-order valence-corrected chi connectivity index (χ2v) is 7.66. The van der Waals surface area contributed by atoms with Gasteiger partial charge in [-0.3, -0.25) is 0 Å². The molecule has 0 saturated carbocycles. The van der Waals surface area contributed by atoms with Gasteiger partial charge in [0.05, 0.1) is 13.2 Å². The van der Waals surface area contributed by atoms with Crippen LogP contribution < -0.4 is 0 Å². The van der Waals surface area contributed by atoms with Crippen LogP contribution in [0.2, 0.25) is 0 Å². The Morgan fingerprint density at radius 2 is 2.12 bits per heavy atom. The predicted octanol–water partition coefficient (Wildman–Crippen LogP) is 3.60. The van der Waals surface area contributed by atoms with Crippen molar-refractivity contribution in [2.24, 2.45) is 0 Å². The second-order valence-electron chi connectivity index (χ2n) is 6.56. The van der Waals surface area contributed by atoms with E-state index >= 15 is 0 Å². The molecule has 1 aliphatic heterocycles. The van der Waals surface area contributed by atoms with Gasteiger partial charge in [-0.1, -0.05) is 6.08 Å². The van der Waals surface area contributed by atoms with Crippen LogP contribution in [0.15, 0.2) is 24.8 Å².